The van der Waals surface area contributed by atoms with E-state index in [1.807, 2.05) is 6.07 Å². The lowest BCUT2D eigenvalue weighted by atomic mass is 10.0. The van der Waals surface area contributed by atoms with Gasteiger partial charge in [-0.1, -0.05) is 13.3 Å². The van der Waals surface area contributed by atoms with Crippen LogP contribution >= 0.6 is 0 Å². The fourth-order valence-corrected chi connectivity index (χ4v) is 1.86. The van der Waals surface area contributed by atoms with Crippen molar-refractivity contribution in [1.29, 1.82) is 0 Å². The highest BCUT2D eigenvalue weighted by Crippen LogP contribution is 2.35. The van der Waals surface area contributed by atoms with Crippen molar-refractivity contribution >= 4 is 5.97 Å². The largest absolute Gasteiger partial charge is 0.462 e. The van der Waals surface area contributed by atoms with Crippen LogP contribution in [0.15, 0.2) is 12.1 Å². The van der Waals surface area contributed by atoms with Crippen molar-refractivity contribution in [2.45, 2.75) is 26.7 Å². The molecule has 1 aromatic carbocycles. The molecule has 1 aliphatic rings. The van der Waals surface area contributed by atoms with Gasteiger partial charge in [0, 0.05) is 0 Å². The Morgan fingerprint density at radius 1 is 1.29 bits per heavy atom. The van der Waals surface area contributed by atoms with Crippen LogP contribution in [0.5, 0.6) is 11.5 Å². The summed E-state index contributed by atoms with van der Waals surface area (Å²) in [5.74, 6) is 1.03. The van der Waals surface area contributed by atoms with Crippen molar-refractivity contribution in [2.24, 2.45) is 0 Å². The maximum absolute atomic E-state index is 11.8. The second kappa shape index (κ2) is 5.08. The van der Waals surface area contributed by atoms with E-state index in [1.165, 1.54) is 0 Å². The molecule has 92 valence electrons. The van der Waals surface area contributed by atoms with E-state index in [9.17, 15) is 4.79 Å². The molecule has 0 amide bonds. The molecular weight excluding hydrogens is 220 g/mol. The Balaban J connectivity index is 2.37. The van der Waals surface area contributed by atoms with Gasteiger partial charge in [-0.05, 0) is 31.0 Å². The third-order valence-electron chi connectivity index (χ3n) is 2.61. The van der Waals surface area contributed by atoms with Crippen molar-refractivity contribution in [2.75, 3.05) is 13.4 Å². The van der Waals surface area contributed by atoms with Crippen molar-refractivity contribution in [3.63, 3.8) is 0 Å². The fourth-order valence-electron chi connectivity index (χ4n) is 1.86. The highest BCUT2D eigenvalue weighted by atomic mass is 16.7. The first-order chi connectivity index (χ1) is 8.26. The van der Waals surface area contributed by atoms with E-state index in [2.05, 4.69) is 6.92 Å². The first kappa shape index (κ1) is 11.8. The zero-order valence-corrected chi connectivity index (χ0v) is 10.1. The Hall–Kier alpha value is -1.71. The molecule has 0 radical (unpaired) electrons. The third kappa shape index (κ3) is 2.35. The number of rotatable bonds is 4. The van der Waals surface area contributed by atoms with Crippen LogP contribution in [0, 0.1) is 0 Å². The van der Waals surface area contributed by atoms with Gasteiger partial charge >= 0.3 is 5.97 Å². The average molecular weight is 236 g/mol. The van der Waals surface area contributed by atoms with Crippen molar-refractivity contribution in [3.05, 3.63) is 23.3 Å². The van der Waals surface area contributed by atoms with Gasteiger partial charge in [0.2, 0.25) is 6.79 Å². The van der Waals surface area contributed by atoms with E-state index >= 15 is 0 Å². The first-order valence-corrected chi connectivity index (χ1v) is 5.85. The van der Waals surface area contributed by atoms with E-state index in [1.54, 1.807) is 13.0 Å². The maximum atomic E-state index is 11.8. The second-order valence-electron chi connectivity index (χ2n) is 3.83. The summed E-state index contributed by atoms with van der Waals surface area (Å²) in [5.41, 5.74) is 1.54. The minimum atomic E-state index is -0.297. The molecule has 0 bridgehead atoms. The predicted molar refractivity (Wildman–Crippen MR) is 62.5 cm³/mol. The van der Waals surface area contributed by atoms with Gasteiger partial charge in [0.25, 0.3) is 0 Å². The van der Waals surface area contributed by atoms with E-state index in [-0.39, 0.29) is 12.8 Å². The summed E-state index contributed by atoms with van der Waals surface area (Å²) in [6.07, 6.45) is 1.79. The fraction of sp³-hybridized carbons (Fsp3) is 0.462. The van der Waals surface area contributed by atoms with Gasteiger partial charge in [-0.25, -0.2) is 4.79 Å². The molecule has 17 heavy (non-hydrogen) atoms. The molecule has 0 fully saturated rings. The molecule has 0 saturated heterocycles. The van der Waals surface area contributed by atoms with Crippen LogP contribution in [0.3, 0.4) is 0 Å². The van der Waals surface area contributed by atoms with Gasteiger partial charge in [0.1, 0.15) is 0 Å². The maximum Gasteiger partial charge on any atom is 0.338 e. The minimum Gasteiger partial charge on any atom is -0.462 e. The number of esters is 1. The number of fused-ring (bicyclic) bond motifs is 1. The molecule has 0 unspecified atom stereocenters. The summed E-state index contributed by atoms with van der Waals surface area (Å²) in [6.45, 7) is 4.45. The van der Waals surface area contributed by atoms with Crippen LogP contribution in [-0.4, -0.2) is 19.4 Å². The zero-order valence-electron chi connectivity index (χ0n) is 10.1. The Morgan fingerprint density at radius 3 is 2.65 bits per heavy atom. The second-order valence-corrected chi connectivity index (χ2v) is 3.83. The molecule has 2 rings (SSSR count). The third-order valence-corrected chi connectivity index (χ3v) is 2.61. The monoisotopic (exact) mass is 236 g/mol. The van der Waals surface area contributed by atoms with E-state index in [0.29, 0.717) is 23.7 Å². The van der Waals surface area contributed by atoms with Crippen LogP contribution in [0.4, 0.5) is 0 Å². The minimum absolute atomic E-state index is 0.215. The summed E-state index contributed by atoms with van der Waals surface area (Å²) in [7, 11) is 0. The van der Waals surface area contributed by atoms with Crippen LogP contribution in [-0.2, 0) is 11.2 Å². The standard InChI is InChI=1S/C13H16O4/c1-3-5-9-6-11-12(17-8-16-11)7-10(9)13(14)15-4-2/h6-7H,3-5,8H2,1-2H3. The zero-order chi connectivity index (χ0) is 12.3. The van der Waals surface area contributed by atoms with Crippen molar-refractivity contribution in [3.8, 4) is 11.5 Å². The molecule has 0 atom stereocenters. The normalized spacial score (nSPS) is 12.6. The molecule has 0 N–H and O–H groups in total. The molecule has 0 spiro atoms. The highest BCUT2D eigenvalue weighted by Gasteiger charge is 2.20. The smallest absolute Gasteiger partial charge is 0.338 e. The Morgan fingerprint density at radius 2 is 2.00 bits per heavy atom. The average Bonchev–Trinajstić information content (AvgIpc) is 2.75. The van der Waals surface area contributed by atoms with Crippen LogP contribution in [0.1, 0.15) is 36.2 Å². The quantitative estimate of drug-likeness (QED) is 0.753. The number of benzene rings is 1. The summed E-state index contributed by atoms with van der Waals surface area (Å²) in [6, 6.07) is 3.59. The Bertz CT molecular complexity index is 426. The number of carbonyl (C=O) groups is 1. The molecular formula is C13H16O4. The van der Waals surface area contributed by atoms with E-state index in [4.69, 9.17) is 14.2 Å². The molecule has 0 saturated carbocycles. The van der Waals surface area contributed by atoms with E-state index in [0.717, 1.165) is 18.4 Å². The number of carbonyl (C=O) groups excluding carboxylic acids is 1. The van der Waals surface area contributed by atoms with Crippen LogP contribution < -0.4 is 9.47 Å². The van der Waals surface area contributed by atoms with Gasteiger partial charge in [0.15, 0.2) is 11.5 Å². The Labute approximate surface area is 100 Å². The summed E-state index contributed by atoms with van der Waals surface area (Å²) in [4.78, 5) is 11.8. The SMILES string of the molecule is CCCc1cc2c(cc1C(=O)OCC)OCO2. The lowest BCUT2D eigenvalue weighted by Gasteiger charge is -2.09. The number of hydrogen-bond donors (Lipinski definition) is 0. The first-order valence-electron chi connectivity index (χ1n) is 5.85. The lowest BCUT2D eigenvalue weighted by Crippen LogP contribution is -2.08. The number of aryl methyl sites for hydroxylation is 1. The van der Waals surface area contributed by atoms with Gasteiger partial charge in [-0.3, -0.25) is 0 Å². The lowest BCUT2D eigenvalue weighted by molar-refractivity contribution is 0.0524. The number of hydrogen-bond acceptors (Lipinski definition) is 4. The Kier molecular flexibility index (Phi) is 3.52. The topological polar surface area (TPSA) is 44.8 Å². The summed E-state index contributed by atoms with van der Waals surface area (Å²) < 4.78 is 15.6. The van der Waals surface area contributed by atoms with Gasteiger partial charge in [-0.2, -0.15) is 0 Å². The summed E-state index contributed by atoms with van der Waals surface area (Å²) >= 11 is 0. The van der Waals surface area contributed by atoms with Crippen molar-refractivity contribution in [1.82, 2.24) is 0 Å². The highest BCUT2D eigenvalue weighted by molar-refractivity contribution is 5.92. The molecule has 1 aliphatic heterocycles. The molecule has 4 heteroatoms. The van der Waals surface area contributed by atoms with Gasteiger partial charge < -0.3 is 14.2 Å². The van der Waals surface area contributed by atoms with Gasteiger partial charge in [0.05, 0.1) is 12.2 Å². The van der Waals surface area contributed by atoms with Crippen molar-refractivity contribution < 1.29 is 19.0 Å². The number of ether oxygens (including phenoxy) is 3. The molecule has 0 aromatic heterocycles. The molecule has 1 heterocycles. The van der Waals surface area contributed by atoms with Crippen LogP contribution in [0.25, 0.3) is 0 Å². The predicted octanol–water partition coefficient (Wildman–Crippen LogP) is 2.54. The van der Waals surface area contributed by atoms with Crippen LogP contribution in [0.2, 0.25) is 0 Å². The molecule has 4 nitrogen and oxygen atoms in total. The summed E-state index contributed by atoms with van der Waals surface area (Å²) in [5, 5.41) is 0. The van der Waals surface area contributed by atoms with Gasteiger partial charge in [-0.15, -0.1) is 0 Å². The molecule has 1 aromatic rings. The van der Waals surface area contributed by atoms with E-state index < -0.39 is 0 Å². The molecule has 0 aliphatic carbocycles.